The molecule has 1 unspecified atom stereocenters. The molecular weight excluding hydrogens is 189 g/mol. The van der Waals surface area contributed by atoms with Crippen molar-refractivity contribution in [1.82, 2.24) is 0 Å². The van der Waals surface area contributed by atoms with Crippen molar-refractivity contribution in [3.8, 4) is 0 Å². The van der Waals surface area contributed by atoms with E-state index < -0.39 is 0 Å². The summed E-state index contributed by atoms with van der Waals surface area (Å²) in [5, 5.41) is 0. The number of hydrogen-bond acceptors (Lipinski definition) is 1. The van der Waals surface area contributed by atoms with E-state index in [1.807, 2.05) is 12.1 Å². The maximum absolute atomic E-state index is 13.1. The number of benzene rings is 1. The molecule has 0 spiro atoms. The summed E-state index contributed by atoms with van der Waals surface area (Å²) in [6.07, 6.45) is 5.02. The van der Waals surface area contributed by atoms with Crippen LogP contribution in [0.15, 0.2) is 18.2 Å². The summed E-state index contributed by atoms with van der Waals surface area (Å²) in [5.41, 5.74) is 7.98. The summed E-state index contributed by atoms with van der Waals surface area (Å²) in [6.45, 7) is 1.79. The Morgan fingerprint density at radius 3 is 2.60 bits per heavy atom. The Labute approximate surface area is 90.5 Å². The minimum Gasteiger partial charge on any atom is -0.324 e. The van der Waals surface area contributed by atoms with Crippen molar-refractivity contribution in [1.29, 1.82) is 0 Å². The fraction of sp³-hybridized carbons (Fsp3) is 0.538. The lowest BCUT2D eigenvalue weighted by Crippen LogP contribution is -2.19. The predicted octanol–water partition coefficient (Wildman–Crippen LogP) is 3.32. The van der Waals surface area contributed by atoms with Gasteiger partial charge in [0.25, 0.3) is 0 Å². The molecule has 2 heteroatoms. The first kappa shape index (κ1) is 10.6. The third-order valence-electron chi connectivity index (χ3n) is 3.47. The predicted molar refractivity (Wildman–Crippen MR) is 60.0 cm³/mol. The molecule has 15 heavy (non-hydrogen) atoms. The zero-order valence-corrected chi connectivity index (χ0v) is 9.17. The van der Waals surface area contributed by atoms with Gasteiger partial charge in [0.05, 0.1) is 0 Å². The van der Waals surface area contributed by atoms with Crippen molar-refractivity contribution >= 4 is 0 Å². The molecule has 82 valence electrons. The number of rotatable bonds is 2. The van der Waals surface area contributed by atoms with E-state index >= 15 is 0 Å². The molecule has 2 rings (SSSR count). The third-order valence-corrected chi connectivity index (χ3v) is 3.47. The molecule has 0 bridgehead atoms. The maximum Gasteiger partial charge on any atom is 0.126 e. The van der Waals surface area contributed by atoms with Crippen LogP contribution in [0, 0.1) is 18.7 Å². The van der Waals surface area contributed by atoms with Gasteiger partial charge in [-0.25, -0.2) is 4.39 Å². The van der Waals surface area contributed by atoms with E-state index in [0.717, 1.165) is 5.56 Å². The van der Waals surface area contributed by atoms with Crippen molar-refractivity contribution in [2.45, 2.75) is 38.6 Å². The van der Waals surface area contributed by atoms with Gasteiger partial charge in [-0.05, 0) is 42.9 Å². The van der Waals surface area contributed by atoms with Gasteiger partial charge in [0.1, 0.15) is 5.82 Å². The van der Waals surface area contributed by atoms with Gasteiger partial charge in [0.15, 0.2) is 0 Å². The van der Waals surface area contributed by atoms with Crippen LogP contribution >= 0.6 is 0 Å². The molecule has 0 saturated heterocycles. The molecule has 1 aromatic carbocycles. The molecule has 1 saturated carbocycles. The van der Waals surface area contributed by atoms with Crippen LogP contribution in [0.2, 0.25) is 0 Å². The zero-order valence-electron chi connectivity index (χ0n) is 9.17. The average Bonchev–Trinajstić information content (AvgIpc) is 2.74. The molecule has 0 aliphatic heterocycles. The first-order valence-electron chi connectivity index (χ1n) is 5.70. The van der Waals surface area contributed by atoms with Crippen molar-refractivity contribution in [2.24, 2.45) is 11.7 Å². The van der Waals surface area contributed by atoms with E-state index in [9.17, 15) is 4.39 Å². The van der Waals surface area contributed by atoms with Gasteiger partial charge < -0.3 is 5.73 Å². The highest BCUT2D eigenvalue weighted by Gasteiger charge is 2.23. The van der Waals surface area contributed by atoms with Crippen LogP contribution in [0.25, 0.3) is 0 Å². The lowest BCUT2D eigenvalue weighted by molar-refractivity contribution is 0.444. The van der Waals surface area contributed by atoms with Gasteiger partial charge >= 0.3 is 0 Å². The first-order valence-corrected chi connectivity index (χ1v) is 5.70. The van der Waals surface area contributed by atoms with Gasteiger partial charge in [-0.2, -0.15) is 0 Å². The second-order valence-electron chi connectivity index (χ2n) is 4.58. The van der Waals surface area contributed by atoms with E-state index in [0.29, 0.717) is 11.5 Å². The normalized spacial score (nSPS) is 19.4. The Hall–Kier alpha value is -0.890. The van der Waals surface area contributed by atoms with Crippen LogP contribution in [0.3, 0.4) is 0 Å². The molecule has 1 fully saturated rings. The Kier molecular flexibility index (Phi) is 3.06. The minimum atomic E-state index is -0.141. The molecule has 1 aliphatic carbocycles. The monoisotopic (exact) mass is 207 g/mol. The SMILES string of the molecule is Cc1cc(C(N)C2CCCC2)ccc1F. The van der Waals surface area contributed by atoms with E-state index in [-0.39, 0.29) is 11.9 Å². The van der Waals surface area contributed by atoms with E-state index in [1.165, 1.54) is 31.7 Å². The largest absolute Gasteiger partial charge is 0.324 e. The van der Waals surface area contributed by atoms with Gasteiger partial charge in [0, 0.05) is 6.04 Å². The van der Waals surface area contributed by atoms with Crippen molar-refractivity contribution in [3.05, 3.63) is 35.1 Å². The van der Waals surface area contributed by atoms with Crippen LogP contribution in [0.5, 0.6) is 0 Å². The smallest absolute Gasteiger partial charge is 0.126 e. The minimum absolute atomic E-state index is 0.0896. The highest BCUT2D eigenvalue weighted by Crippen LogP contribution is 2.34. The van der Waals surface area contributed by atoms with Crippen molar-refractivity contribution in [3.63, 3.8) is 0 Å². The van der Waals surface area contributed by atoms with Crippen molar-refractivity contribution in [2.75, 3.05) is 0 Å². The molecule has 1 atom stereocenters. The van der Waals surface area contributed by atoms with E-state index in [1.54, 1.807) is 6.92 Å². The summed E-state index contributed by atoms with van der Waals surface area (Å²) in [7, 11) is 0. The highest BCUT2D eigenvalue weighted by atomic mass is 19.1. The van der Waals surface area contributed by atoms with Crippen LogP contribution in [0.1, 0.15) is 42.9 Å². The lowest BCUT2D eigenvalue weighted by atomic mass is 9.92. The Morgan fingerprint density at radius 2 is 2.00 bits per heavy atom. The van der Waals surface area contributed by atoms with Crippen LogP contribution in [0.4, 0.5) is 4.39 Å². The van der Waals surface area contributed by atoms with E-state index in [2.05, 4.69) is 0 Å². The summed E-state index contributed by atoms with van der Waals surface area (Å²) < 4.78 is 13.1. The fourth-order valence-corrected chi connectivity index (χ4v) is 2.46. The van der Waals surface area contributed by atoms with Gasteiger partial charge in [-0.3, -0.25) is 0 Å². The summed E-state index contributed by atoms with van der Waals surface area (Å²) in [4.78, 5) is 0. The van der Waals surface area contributed by atoms with Gasteiger partial charge in [-0.1, -0.05) is 25.0 Å². The molecule has 0 radical (unpaired) electrons. The van der Waals surface area contributed by atoms with Gasteiger partial charge in [-0.15, -0.1) is 0 Å². The zero-order chi connectivity index (χ0) is 10.8. The fourth-order valence-electron chi connectivity index (χ4n) is 2.46. The molecule has 0 heterocycles. The molecule has 0 amide bonds. The summed E-state index contributed by atoms with van der Waals surface area (Å²) in [5.74, 6) is 0.451. The maximum atomic E-state index is 13.1. The standard InChI is InChI=1S/C13H18FN/c1-9-8-11(6-7-12(9)14)13(15)10-4-2-3-5-10/h6-8,10,13H,2-5,15H2,1H3. The van der Waals surface area contributed by atoms with Crippen LogP contribution in [-0.4, -0.2) is 0 Å². The lowest BCUT2D eigenvalue weighted by Gasteiger charge is -2.19. The Morgan fingerprint density at radius 1 is 1.33 bits per heavy atom. The molecular formula is C13H18FN. The highest BCUT2D eigenvalue weighted by molar-refractivity contribution is 5.26. The summed E-state index contributed by atoms with van der Waals surface area (Å²) in [6, 6.07) is 5.33. The van der Waals surface area contributed by atoms with Crippen LogP contribution < -0.4 is 5.73 Å². The number of halogens is 1. The first-order chi connectivity index (χ1) is 7.18. The molecule has 0 aromatic heterocycles. The summed E-state index contributed by atoms with van der Waals surface area (Å²) >= 11 is 0. The quantitative estimate of drug-likeness (QED) is 0.791. The second-order valence-corrected chi connectivity index (χ2v) is 4.58. The Balaban J connectivity index is 2.17. The third kappa shape index (κ3) is 2.20. The molecule has 1 nitrogen and oxygen atoms in total. The second kappa shape index (κ2) is 4.31. The van der Waals surface area contributed by atoms with Crippen LogP contribution in [-0.2, 0) is 0 Å². The Bertz CT molecular complexity index is 342. The van der Waals surface area contributed by atoms with Gasteiger partial charge in [0.2, 0.25) is 0 Å². The average molecular weight is 207 g/mol. The molecule has 1 aromatic rings. The van der Waals surface area contributed by atoms with E-state index in [4.69, 9.17) is 5.73 Å². The number of hydrogen-bond donors (Lipinski definition) is 1. The van der Waals surface area contributed by atoms with Crippen molar-refractivity contribution < 1.29 is 4.39 Å². The number of aryl methyl sites for hydroxylation is 1. The topological polar surface area (TPSA) is 26.0 Å². The molecule has 1 aliphatic rings. The number of nitrogens with two attached hydrogens (primary N) is 1. The molecule has 2 N–H and O–H groups in total.